The Balaban J connectivity index is 2.41. The molecule has 1 fully saturated rings. The molecule has 0 aromatic carbocycles. The van der Waals surface area contributed by atoms with Gasteiger partial charge in [-0.3, -0.25) is 4.79 Å². The molecule has 1 aliphatic rings. The Kier molecular flexibility index (Phi) is 3.94. The molecule has 2 amide bonds. The summed E-state index contributed by atoms with van der Waals surface area (Å²) >= 11 is 0. The van der Waals surface area contributed by atoms with Crippen LogP contribution in [0.4, 0.5) is 4.79 Å². The first kappa shape index (κ1) is 11.8. The molecule has 1 atom stereocenters. The Morgan fingerprint density at radius 3 is 2.40 bits per heavy atom. The van der Waals surface area contributed by atoms with Crippen molar-refractivity contribution in [2.45, 2.75) is 19.8 Å². The maximum atomic E-state index is 11.8. The van der Waals surface area contributed by atoms with Gasteiger partial charge in [-0.25, -0.2) is 4.79 Å². The number of carbonyl (C=O) groups excluding carboxylic acids is 1. The van der Waals surface area contributed by atoms with Gasteiger partial charge in [-0.15, -0.1) is 0 Å². The molecule has 1 saturated heterocycles. The first-order valence-electron chi connectivity index (χ1n) is 5.25. The van der Waals surface area contributed by atoms with Gasteiger partial charge in [0, 0.05) is 26.7 Å². The zero-order valence-corrected chi connectivity index (χ0v) is 9.27. The molecule has 5 heteroatoms. The molecule has 86 valence electrons. The molecule has 1 aliphatic heterocycles. The van der Waals surface area contributed by atoms with Crippen LogP contribution in [-0.4, -0.2) is 53.6 Å². The van der Waals surface area contributed by atoms with E-state index in [9.17, 15) is 9.59 Å². The van der Waals surface area contributed by atoms with Crippen LogP contribution < -0.4 is 0 Å². The topological polar surface area (TPSA) is 60.9 Å². The minimum absolute atomic E-state index is 0.0550. The van der Waals surface area contributed by atoms with E-state index < -0.39 is 11.9 Å². The monoisotopic (exact) mass is 214 g/mol. The average molecular weight is 214 g/mol. The lowest BCUT2D eigenvalue weighted by atomic mass is 10.2. The van der Waals surface area contributed by atoms with Crippen molar-refractivity contribution in [3.63, 3.8) is 0 Å². The number of nitrogens with zero attached hydrogens (tertiary/aromatic N) is 2. The van der Waals surface area contributed by atoms with Crippen molar-refractivity contribution in [1.29, 1.82) is 0 Å². The van der Waals surface area contributed by atoms with Gasteiger partial charge >= 0.3 is 12.0 Å². The number of carboxylic acid groups (broad SMARTS) is 1. The second-order valence-electron chi connectivity index (χ2n) is 4.10. The van der Waals surface area contributed by atoms with Gasteiger partial charge in [0.2, 0.25) is 0 Å². The molecule has 0 bridgehead atoms. The Bertz CT molecular complexity index is 249. The van der Waals surface area contributed by atoms with Gasteiger partial charge in [0.25, 0.3) is 0 Å². The summed E-state index contributed by atoms with van der Waals surface area (Å²) in [5.74, 6) is -1.38. The van der Waals surface area contributed by atoms with E-state index in [2.05, 4.69) is 0 Å². The zero-order valence-electron chi connectivity index (χ0n) is 9.27. The highest BCUT2D eigenvalue weighted by atomic mass is 16.4. The fourth-order valence-corrected chi connectivity index (χ4v) is 1.72. The first-order chi connectivity index (χ1) is 7.02. The minimum atomic E-state index is -0.865. The summed E-state index contributed by atoms with van der Waals surface area (Å²) in [4.78, 5) is 25.7. The largest absolute Gasteiger partial charge is 0.481 e. The van der Waals surface area contributed by atoms with E-state index in [4.69, 9.17) is 5.11 Å². The van der Waals surface area contributed by atoms with Gasteiger partial charge in [-0.1, -0.05) is 6.92 Å². The van der Waals surface area contributed by atoms with Crippen molar-refractivity contribution >= 4 is 12.0 Å². The summed E-state index contributed by atoms with van der Waals surface area (Å²) in [7, 11) is 1.65. The summed E-state index contributed by atoms with van der Waals surface area (Å²) in [6.07, 6.45) is 2.10. The number of likely N-dealkylation sites (tertiary alicyclic amines) is 1. The number of aliphatic carboxylic acids is 1. The quantitative estimate of drug-likeness (QED) is 0.757. The Labute approximate surface area is 89.7 Å². The van der Waals surface area contributed by atoms with Gasteiger partial charge in [0.05, 0.1) is 5.92 Å². The van der Waals surface area contributed by atoms with E-state index in [0.717, 1.165) is 25.9 Å². The highest BCUT2D eigenvalue weighted by Gasteiger charge is 2.23. The van der Waals surface area contributed by atoms with E-state index in [1.807, 2.05) is 0 Å². The van der Waals surface area contributed by atoms with Crippen molar-refractivity contribution in [3.05, 3.63) is 0 Å². The molecule has 1 rings (SSSR count). The first-order valence-corrected chi connectivity index (χ1v) is 5.25. The molecular formula is C10H18N2O3. The van der Waals surface area contributed by atoms with E-state index in [1.165, 1.54) is 4.90 Å². The maximum absolute atomic E-state index is 11.8. The van der Waals surface area contributed by atoms with Crippen LogP contribution in [0.25, 0.3) is 0 Å². The Morgan fingerprint density at radius 1 is 1.40 bits per heavy atom. The Morgan fingerprint density at radius 2 is 1.93 bits per heavy atom. The van der Waals surface area contributed by atoms with Crippen LogP contribution in [0.1, 0.15) is 19.8 Å². The summed E-state index contributed by atoms with van der Waals surface area (Å²) in [6, 6.07) is -0.0550. The fourth-order valence-electron chi connectivity index (χ4n) is 1.72. The average Bonchev–Trinajstić information content (AvgIpc) is 2.68. The van der Waals surface area contributed by atoms with Crippen LogP contribution in [0.15, 0.2) is 0 Å². The predicted octanol–water partition coefficient (Wildman–Crippen LogP) is 0.855. The zero-order chi connectivity index (χ0) is 11.4. The number of hydrogen-bond acceptors (Lipinski definition) is 2. The molecule has 0 spiro atoms. The van der Waals surface area contributed by atoms with E-state index in [0.29, 0.717) is 0 Å². The van der Waals surface area contributed by atoms with Gasteiger partial charge in [0.15, 0.2) is 0 Å². The molecule has 1 unspecified atom stereocenters. The fraction of sp³-hybridized carbons (Fsp3) is 0.800. The highest BCUT2D eigenvalue weighted by molar-refractivity contribution is 5.76. The smallest absolute Gasteiger partial charge is 0.319 e. The second kappa shape index (κ2) is 5.00. The number of carbonyl (C=O) groups is 2. The summed E-state index contributed by atoms with van der Waals surface area (Å²) in [5.41, 5.74) is 0. The predicted molar refractivity (Wildman–Crippen MR) is 55.6 cm³/mol. The molecule has 0 saturated carbocycles. The lowest BCUT2D eigenvalue weighted by Gasteiger charge is -2.25. The summed E-state index contributed by atoms with van der Waals surface area (Å²) in [6.45, 7) is 3.47. The summed E-state index contributed by atoms with van der Waals surface area (Å²) < 4.78 is 0. The number of rotatable bonds is 3. The molecule has 0 aliphatic carbocycles. The Hall–Kier alpha value is -1.26. The van der Waals surface area contributed by atoms with Crippen molar-refractivity contribution < 1.29 is 14.7 Å². The van der Waals surface area contributed by atoms with Gasteiger partial charge in [-0.05, 0) is 12.8 Å². The molecule has 0 aromatic rings. The lowest BCUT2D eigenvalue weighted by Crippen LogP contribution is -2.42. The molecule has 15 heavy (non-hydrogen) atoms. The number of urea groups is 1. The van der Waals surface area contributed by atoms with Crippen LogP contribution in [0, 0.1) is 5.92 Å². The van der Waals surface area contributed by atoms with Crippen LogP contribution in [0.2, 0.25) is 0 Å². The minimum Gasteiger partial charge on any atom is -0.481 e. The maximum Gasteiger partial charge on any atom is 0.319 e. The third-order valence-electron chi connectivity index (χ3n) is 2.67. The van der Waals surface area contributed by atoms with Crippen molar-refractivity contribution in [2.24, 2.45) is 5.92 Å². The standard InChI is InChI=1S/C10H18N2O3/c1-8(9(13)14)7-11(2)10(15)12-5-3-4-6-12/h8H,3-7H2,1-2H3,(H,13,14). The summed E-state index contributed by atoms with van der Waals surface area (Å²) in [5, 5.41) is 8.73. The van der Waals surface area contributed by atoms with Crippen LogP contribution in [0.5, 0.6) is 0 Å². The van der Waals surface area contributed by atoms with Crippen molar-refractivity contribution in [3.8, 4) is 0 Å². The third kappa shape index (κ3) is 3.11. The molecule has 1 heterocycles. The van der Waals surface area contributed by atoms with Crippen LogP contribution in [-0.2, 0) is 4.79 Å². The number of hydrogen-bond donors (Lipinski definition) is 1. The lowest BCUT2D eigenvalue weighted by molar-refractivity contribution is -0.141. The molecular weight excluding hydrogens is 196 g/mol. The van der Waals surface area contributed by atoms with E-state index >= 15 is 0 Å². The molecule has 0 aromatic heterocycles. The van der Waals surface area contributed by atoms with Gasteiger partial charge in [0.1, 0.15) is 0 Å². The molecule has 5 nitrogen and oxygen atoms in total. The van der Waals surface area contributed by atoms with Crippen molar-refractivity contribution in [2.75, 3.05) is 26.7 Å². The molecule has 1 N–H and O–H groups in total. The SMILES string of the molecule is CC(CN(C)C(=O)N1CCCC1)C(=O)O. The van der Waals surface area contributed by atoms with Gasteiger partial charge < -0.3 is 14.9 Å². The third-order valence-corrected chi connectivity index (χ3v) is 2.67. The number of carboxylic acids is 1. The molecule has 0 radical (unpaired) electrons. The van der Waals surface area contributed by atoms with E-state index in [1.54, 1.807) is 18.9 Å². The van der Waals surface area contributed by atoms with E-state index in [-0.39, 0.29) is 12.6 Å². The normalized spacial score (nSPS) is 17.6. The van der Waals surface area contributed by atoms with Crippen molar-refractivity contribution in [1.82, 2.24) is 9.80 Å². The van der Waals surface area contributed by atoms with Crippen LogP contribution in [0.3, 0.4) is 0 Å². The number of amides is 2. The highest BCUT2D eigenvalue weighted by Crippen LogP contribution is 2.10. The second-order valence-corrected chi connectivity index (χ2v) is 4.10. The van der Waals surface area contributed by atoms with Gasteiger partial charge in [-0.2, -0.15) is 0 Å². The van der Waals surface area contributed by atoms with Crippen LogP contribution >= 0.6 is 0 Å².